The van der Waals surface area contributed by atoms with Gasteiger partial charge in [0.05, 0.1) is 0 Å². The number of nitrogens with one attached hydrogen (secondary N) is 1. The predicted octanol–water partition coefficient (Wildman–Crippen LogP) is 3.75. The first kappa shape index (κ1) is 16.5. The number of amides is 2. The van der Waals surface area contributed by atoms with Gasteiger partial charge in [-0.2, -0.15) is 0 Å². The molecule has 3 N–H and O–H groups in total. The smallest absolute Gasteiger partial charge is 0.248 e. The maximum Gasteiger partial charge on any atom is 0.248 e. The number of primary amides is 1. The molecule has 126 valence electrons. The van der Waals surface area contributed by atoms with E-state index in [1.165, 1.54) is 6.08 Å². The number of para-hydroxylation sites is 1. The van der Waals surface area contributed by atoms with Gasteiger partial charge in [0.15, 0.2) is 0 Å². The number of nitrogens with two attached hydrogens (primary N) is 1. The average molecular weight is 334 g/mol. The Morgan fingerprint density at radius 2 is 1.96 bits per heavy atom. The zero-order chi connectivity index (χ0) is 17.8. The highest BCUT2D eigenvalue weighted by atomic mass is 16.3. The molecule has 0 fully saturated rings. The number of aryl methyl sites for hydroxylation is 1. The third-order valence-electron chi connectivity index (χ3n) is 3.85. The van der Waals surface area contributed by atoms with Crippen molar-refractivity contribution in [2.75, 3.05) is 5.32 Å². The molecule has 2 aromatic carbocycles. The van der Waals surface area contributed by atoms with Crippen molar-refractivity contribution in [1.82, 2.24) is 0 Å². The number of hydrogen-bond acceptors (Lipinski definition) is 3. The van der Waals surface area contributed by atoms with Crippen LogP contribution in [0.1, 0.15) is 28.6 Å². The van der Waals surface area contributed by atoms with Gasteiger partial charge in [-0.05, 0) is 30.3 Å². The van der Waals surface area contributed by atoms with Crippen LogP contribution in [-0.4, -0.2) is 11.8 Å². The summed E-state index contributed by atoms with van der Waals surface area (Å²) >= 11 is 0. The molecule has 5 nitrogen and oxygen atoms in total. The van der Waals surface area contributed by atoms with Crippen LogP contribution in [0.15, 0.2) is 59.0 Å². The van der Waals surface area contributed by atoms with Crippen LogP contribution >= 0.6 is 0 Å². The lowest BCUT2D eigenvalue weighted by Gasteiger charge is -2.03. The maximum atomic E-state index is 12.2. The molecule has 0 spiro atoms. The Kier molecular flexibility index (Phi) is 4.66. The Labute approximate surface area is 145 Å². The van der Waals surface area contributed by atoms with Crippen LogP contribution < -0.4 is 11.1 Å². The molecule has 0 unspecified atom stereocenters. The molecule has 0 aliphatic rings. The van der Waals surface area contributed by atoms with Gasteiger partial charge in [0.2, 0.25) is 11.8 Å². The van der Waals surface area contributed by atoms with E-state index in [1.807, 2.05) is 31.2 Å². The predicted molar refractivity (Wildman–Crippen MR) is 98.2 cm³/mol. The lowest BCUT2D eigenvalue weighted by atomic mass is 10.1. The summed E-state index contributed by atoms with van der Waals surface area (Å²) < 4.78 is 5.81. The minimum Gasteiger partial charge on any atom is -0.460 e. The molecule has 1 aromatic heterocycles. The number of carbonyl (C=O) groups excluding carboxylic acids is 2. The second-order valence-electron chi connectivity index (χ2n) is 5.56. The first-order chi connectivity index (χ1) is 12.1. The van der Waals surface area contributed by atoms with Crippen LogP contribution in [0.25, 0.3) is 17.0 Å². The fourth-order valence-electron chi connectivity index (χ4n) is 2.65. The van der Waals surface area contributed by atoms with Gasteiger partial charge in [-0.3, -0.25) is 9.59 Å². The lowest BCUT2D eigenvalue weighted by molar-refractivity contribution is -0.111. The molecule has 25 heavy (non-hydrogen) atoms. The molecule has 0 aliphatic heterocycles. The van der Waals surface area contributed by atoms with Crippen LogP contribution in [0.2, 0.25) is 0 Å². The first-order valence-corrected chi connectivity index (χ1v) is 7.98. The van der Waals surface area contributed by atoms with Crippen LogP contribution in [0, 0.1) is 0 Å². The van der Waals surface area contributed by atoms with Crippen LogP contribution in [0.5, 0.6) is 0 Å². The number of anilines is 1. The van der Waals surface area contributed by atoms with E-state index >= 15 is 0 Å². The second kappa shape index (κ2) is 7.05. The summed E-state index contributed by atoms with van der Waals surface area (Å²) in [7, 11) is 0. The van der Waals surface area contributed by atoms with Gasteiger partial charge in [-0.25, -0.2) is 0 Å². The van der Waals surface area contributed by atoms with Gasteiger partial charge in [0.1, 0.15) is 11.3 Å². The Morgan fingerprint density at radius 3 is 2.72 bits per heavy atom. The van der Waals surface area contributed by atoms with E-state index in [9.17, 15) is 9.59 Å². The summed E-state index contributed by atoms with van der Waals surface area (Å²) in [5.41, 5.74) is 7.80. The van der Waals surface area contributed by atoms with Crippen molar-refractivity contribution < 1.29 is 14.0 Å². The highest BCUT2D eigenvalue weighted by molar-refractivity contribution is 6.04. The normalized spacial score (nSPS) is 11.1. The van der Waals surface area contributed by atoms with Gasteiger partial charge in [0, 0.05) is 34.7 Å². The maximum absolute atomic E-state index is 12.2. The summed E-state index contributed by atoms with van der Waals surface area (Å²) in [5, 5.41) is 3.69. The molecular formula is C20H18N2O3. The zero-order valence-electron chi connectivity index (χ0n) is 13.8. The van der Waals surface area contributed by atoms with Crippen LogP contribution in [0.3, 0.4) is 0 Å². The fraction of sp³-hybridized carbons (Fsp3) is 0.100. The summed E-state index contributed by atoms with van der Waals surface area (Å²) in [6, 6.07) is 14.2. The summed E-state index contributed by atoms with van der Waals surface area (Å²) in [6.07, 6.45) is 3.93. The van der Waals surface area contributed by atoms with Crippen molar-refractivity contribution in [3.63, 3.8) is 0 Å². The summed E-state index contributed by atoms with van der Waals surface area (Å²) in [4.78, 5) is 23.4. The molecule has 0 atom stereocenters. The highest BCUT2D eigenvalue weighted by Crippen LogP contribution is 2.27. The molecule has 5 heteroatoms. The minimum absolute atomic E-state index is 0.297. The Bertz CT molecular complexity index is 970. The van der Waals surface area contributed by atoms with E-state index in [1.54, 1.807) is 30.3 Å². The van der Waals surface area contributed by atoms with E-state index in [2.05, 4.69) is 5.32 Å². The minimum atomic E-state index is -0.538. The molecular weight excluding hydrogens is 316 g/mol. The Morgan fingerprint density at radius 1 is 1.16 bits per heavy atom. The van der Waals surface area contributed by atoms with Gasteiger partial charge >= 0.3 is 0 Å². The topological polar surface area (TPSA) is 85.3 Å². The number of furan rings is 1. The zero-order valence-corrected chi connectivity index (χ0v) is 13.8. The van der Waals surface area contributed by atoms with Crippen molar-refractivity contribution in [3.8, 4) is 0 Å². The largest absolute Gasteiger partial charge is 0.460 e. The van der Waals surface area contributed by atoms with Crippen molar-refractivity contribution in [3.05, 3.63) is 71.5 Å². The molecule has 0 bridgehead atoms. The average Bonchev–Trinajstić information content (AvgIpc) is 2.98. The monoisotopic (exact) mass is 334 g/mol. The Balaban J connectivity index is 1.81. The fourth-order valence-corrected chi connectivity index (χ4v) is 2.65. The van der Waals surface area contributed by atoms with Crippen molar-refractivity contribution in [2.24, 2.45) is 5.73 Å². The highest BCUT2D eigenvalue weighted by Gasteiger charge is 2.10. The molecule has 2 amide bonds. The van der Waals surface area contributed by atoms with Gasteiger partial charge in [-0.15, -0.1) is 0 Å². The van der Waals surface area contributed by atoms with Gasteiger partial charge in [-0.1, -0.05) is 31.2 Å². The Hall–Kier alpha value is -3.34. The molecule has 1 heterocycles. The second-order valence-corrected chi connectivity index (χ2v) is 5.56. The quantitative estimate of drug-likeness (QED) is 0.697. The van der Waals surface area contributed by atoms with Crippen molar-refractivity contribution in [1.29, 1.82) is 0 Å². The van der Waals surface area contributed by atoms with Crippen molar-refractivity contribution >= 4 is 34.5 Å². The molecule has 3 aromatic rings. The summed E-state index contributed by atoms with van der Waals surface area (Å²) in [5.74, 6) is -0.000902. The summed E-state index contributed by atoms with van der Waals surface area (Å²) in [6.45, 7) is 2.00. The van der Waals surface area contributed by atoms with E-state index in [0.29, 0.717) is 11.3 Å². The molecule has 0 saturated heterocycles. The lowest BCUT2D eigenvalue weighted by Crippen LogP contribution is -2.12. The number of fused-ring (bicyclic) bond motifs is 1. The first-order valence-electron chi connectivity index (χ1n) is 7.98. The van der Waals surface area contributed by atoms with E-state index in [0.717, 1.165) is 28.7 Å². The van der Waals surface area contributed by atoms with E-state index < -0.39 is 5.91 Å². The van der Waals surface area contributed by atoms with E-state index in [4.69, 9.17) is 10.2 Å². The number of rotatable bonds is 5. The standard InChI is InChI=1S/C20H18N2O3/c1-2-17-16(15-8-3-4-9-18(15)25-17)10-11-19(23)22-14-7-5-6-13(12-14)20(21)24/h3-12H,2H2,1H3,(H2,21,24)(H,22,23)/b11-10+. The van der Waals surface area contributed by atoms with Crippen LogP contribution in [-0.2, 0) is 11.2 Å². The number of carbonyl (C=O) groups is 2. The third kappa shape index (κ3) is 3.61. The number of benzene rings is 2. The van der Waals surface area contributed by atoms with Crippen molar-refractivity contribution in [2.45, 2.75) is 13.3 Å². The van der Waals surface area contributed by atoms with Gasteiger partial charge < -0.3 is 15.5 Å². The van der Waals surface area contributed by atoms with Gasteiger partial charge in [0.25, 0.3) is 0 Å². The molecule has 3 rings (SSSR count). The number of hydrogen-bond donors (Lipinski definition) is 2. The molecule has 0 radical (unpaired) electrons. The molecule has 0 aliphatic carbocycles. The third-order valence-corrected chi connectivity index (χ3v) is 3.85. The van der Waals surface area contributed by atoms with E-state index in [-0.39, 0.29) is 5.91 Å². The molecule has 0 saturated carbocycles. The SMILES string of the molecule is CCc1oc2ccccc2c1/C=C/C(=O)Nc1cccc(C(N)=O)c1. The van der Waals surface area contributed by atoms with Crippen LogP contribution in [0.4, 0.5) is 5.69 Å².